The van der Waals surface area contributed by atoms with Crippen molar-refractivity contribution in [2.45, 2.75) is 25.8 Å². The zero-order valence-electron chi connectivity index (χ0n) is 14.2. The highest BCUT2D eigenvalue weighted by Gasteiger charge is 2.35. The Morgan fingerprint density at radius 1 is 1.16 bits per heavy atom. The predicted molar refractivity (Wildman–Crippen MR) is 93.0 cm³/mol. The number of para-hydroxylation sites is 1. The second-order valence-electron chi connectivity index (χ2n) is 6.82. The van der Waals surface area contributed by atoms with Crippen molar-refractivity contribution in [2.75, 3.05) is 13.1 Å². The molecule has 2 amide bonds. The van der Waals surface area contributed by atoms with Gasteiger partial charge in [0.15, 0.2) is 5.82 Å². The smallest absolute Gasteiger partial charge is 0.317 e. The molecular formula is C18H22N6O. The number of benzene rings is 1. The van der Waals surface area contributed by atoms with E-state index < -0.39 is 0 Å². The largest absolute Gasteiger partial charge is 0.328 e. The summed E-state index contributed by atoms with van der Waals surface area (Å²) in [5.41, 5.74) is 0.877. The second kappa shape index (κ2) is 6.66. The maximum absolute atomic E-state index is 12.7. The van der Waals surface area contributed by atoms with Crippen molar-refractivity contribution in [1.29, 1.82) is 0 Å². The Hall–Kier alpha value is -2.70. The molecule has 1 N–H and O–H groups in total. The number of allylic oxidation sites excluding steroid dienone is 2. The Labute approximate surface area is 146 Å². The van der Waals surface area contributed by atoms with Crippen molar-refractivity contribution in [3.63, 3.8) is 0 Å². The van der Waals surface area contributed by atoms with Crippen LogP contribution in [-0.4, -0.2) is 44.2 Å². The highest BCUT2D eigenvalue weighted by atomic mass is 16.2. The van der Waals surface area contributed by atoms with E-state index in [1.807, 2.05) is 42.2 Å². The van der Waals surface area contributed by atoms with Crippen LogP contribution in [0.1, 0.15) is 31.6 Å². The van der Waals surface area contributed by atoms with Gasteiger partial charge < -0.3 is 10.2 Å². The van der Waals surface area contributed by atoms with Gasteiger partial charge in [-0.1, -0.05) is 30.4 Å². The lowest BCUT2D eigenvalue weighted by atomic mass is 9.86. The van der Waals surface area contributed by atoms with E-state index in [2.05, 4.69) is 33.0 Å². The molecule has 1 aliphatic carbocycles. The van der Waals surface area contributed by atoms with Gasteiger partial charge in [0.2, 0.25) is 0 Å². The number of nitrogens with zero attached hydrogens (tertiary/aromatic N) is 5. The van der Waals surface area contributed by atoms with E-state index in [0.717, 1.165) is 31.6 Å². The molecular weight excluding hydrogens is 316 g/mol. The number of hydrogen-bond donors (Lipinski definition) is 1. The summed E-state index contributed by atoms with van der Waals surface area (Å²) in [6.45, 7) is 3.57. The lowest BCUT2D eigenvalue weighted by Gasteiger charge is -2.20. The SMILES string of the molecule is CC(NC(=O)N1CC2CC=CCC2C1)c1nnnn1-c1ccccc1. The first-order valence-corrected chi connectivity index (χ1v) is 8.76. The molecule has 7 heteroatoms. The van der Waals surface area contributed by atoms with Gasteiger partial charge in [0.1, 0.15) is 0 Å². The zero-order chi connectivity index (χ0) is 17.2. The van der Waals surface area contributed by atoms with Crippen LogP contribution in [0.5, 0.6) is 0 Å². The van der Waals surface area contributed by atoms with Crippen LogP contribution >= 0.6 is 0 Å². The summed E-state index contributed by atoms with van der Waals surface area (Å²) < 4.78 is 1.67. The molecule has 1 fully saturated rings. The minimum absolute atomic E-state index is 0.0375. The molecule has 1 saturated heterocycles. The average Bonchev–Trinajstić information content (AvgIpc) is 3.29. The van der Waals surface area contributed by atoms with Gasteiger partial charge in [-0.15, -0.1) is 5.10 Å². The first kappa shape index (κ1) is 15.8. The van der Waals surface area contributed by atoms with Gasteiger partial charge in [0.25, 0.3) is 0 Å². The Bertz CT molecular complexity index is 755. The summed E-state index contributed by atoms with van der Waals surface area (Å²) in [7, 11) is 0. The van der Waals surface area contributed by atoms with Crippen LogP contribution in [0, 0.1) is 11.8 Å². The van der Waals surface area contributed by atoms with E-state index >= 15 is 0 Å². The van der Waals surface area contributed by atoms with E-state index in [4.69, 9.17) is 0 Å². The minimum Gasteiger partial charge on any atom is -0.328 e. The van der Waals surface area contributed by atoms with Gasteiger partial charge in [-0.05, 0) is 54.2 Å². The third kappa shape index (κ3) is 3.14. The molecule has 1 aromatic heterocycles. The topological polar surface area (TPSA) is 75.9 Å². The molecule has 7 nitrogen and oxygen atoms in total. The van der Waals surface area contributed by atoms with E-state index in [0.29, 0.717) is 17.7 Å². The molecule has 3 atom stereocenters. The quantitative estimate of drug-likeness (QED) is 0.872. The van der Waals surface area contributed by atoms with Crippen LogP contribution in [0.25, 0.3) is 5.69 Å². The minimum atomic E-state index is -0.275. The predicted octanol–water partition coefficient (Wildman–Crippen LogP) is 2.33. The summed E-state index contributed by atoms with van der Waals surface area (Å²) >= 11 is 0. The number of likely N-dealkylation sites (tertiary alicyclic amines) is 1. The van der Waals surface area contributed by atoms with Crippen molar-refractivity contribution in [3.05, 3.63) is 48.3 Å². The Morgan fingerprint density at radius 3 is 2.52 bits per heavy atom. The Balaban J connectivity index is 1.44. The molecule has 2 heterocycles. The van der Waals surface area contributed by atoms with Crippen LogP contribution in [0.15, 0.2) is 42.5 Å². The summed E-state index contributed by atoms with van der Waals surface area (Å²) in [5.74, 6) is 1.82. The number of fused-ring (bicyclic) bond motifs is 1. The van der Waals surface area contributed by atoms with Crippen molar-refractivity contribution >= 4 is 6.03 Å². The first-order chi connectivity index (χ1) is 12.2. The van der Waals surface area contributed by atoms with Crippen molar-refractivity contribution in [3.8, 4) is 5.69 Å². The Morgan fingerprint density at radius 2 is 1.84 bits per heavy atom. The molecule has 1 aliphatic heterocycles. The molecule has 3 unspecified atom stereocenters. The van der Waals surface area contributed by atoms with Gasteiger partial charge in [-0.2, -0.15) is 4.68 Å². The first-order valence-electron chi connectivity index (χ1n) is 8.76. The average molecular weight is 338 g/mol. The van der Waals surface area contributed by atoms with Gasteiger partial charge in [0.05, 0.1) is 11.7 Å². The fourth-order valence-corrected chi connectivity index (χ4v) is 3.74. The molecule has 130 valence electrons. The normalized spacial score (nSPS) is 23.3. The second-order valence-corrected chi connectivity index (χ2v) is 6.82. The number of rotatable bonds is 3. The number of amides is 2. The lowest BCUT2D eigenvalue weighted by molar-refractivity contribution is 0.202. The summed E-state index contributed by atoms with van der Waals surface area (Å²) in [6, 6.07) is 9.38. The number of tetrazole rings is 1. The molecule has 0 saturated carbocycles. The zero-order valence-corrected chi connectivity index (χ0v) is 14.2. The fraction of sp³-hybridized carbons (Fsp3) is 0.444. The van der Waals surface area contributed by atoms with Crippen LogP contribution in [0.3, 0.4) is 0 Å². The van der Waals surface area contributed by atoms with Crippen LogP contribution < -0.4 is 5.32 Å². The molecule has 4 rings (SSSR count). The van der Waals surface area contributed by atoms with Gasteiger partial charge in [0, 0.05) is 13.1 Å². The maximum atomic E-state index is 12.7. The van der Waals surface area contributed by atoms with Gasteiger partial charge in [-0.25, -0.2) is 4.79 Å². The number of hydrogen-bond acceptors (Lipinski definition) is 4. The summed E-state index contributed by atoms with van der Waals surface area (Å²) in [6.07, 6.45) is 6.63. The van der Waals surface area contributed by atoms with Crippen molar-refractivity contribution < 1.29 is 4.79 Å². The van der Waals surface area contributed by atoms with Crippen LogP contribution in [0.2, 0.25) is 0 Å². The van der Waals surface area contributed by atoms with Crippen LogP contribution in [0.4, 0.5) is 4.79 Å². The third-order valence-electron chi connectivity index (χ3n) is 5.13. The van der Waals surface area contributed by atoms with Gasteiger partial charge >= 0.3 is 6.03 Å². The number of carbonyl (C=O) groups excluding carboxylic acids is 1. The number of nitrogens with one attached hydrogen (secondary N) is 1. The molecule has 2 aliphatic rings. The van der Waals surface area contributed by atoms with Crippen LogP contribution in [-0.2, 0) is 0 Å². The number of aromatic nitrogens is 4. The van der Waals surface area contributed by atoms with Gasteiger partial charge in [-0.3, -0.25) is 0 Å². The standard InChI is InChI=1S/C18H22N6O/c1-13(17-20-21-22-24(17)16-9-3-2-4-10-16)19-18(25)23-11-14-7-5-6-8-15(14)12-23/h2-6,9-10,13-15H,7-8,11-12H2,1H3,(H,19,25). The number of carbonyl (C=O) groups is 1. The highest BCUT2D eigenvalue weighted by Crippen LogP contribution is 2.32. The van der Waals surface area contributed by atoms with E-state index in [-0.39, 0.29) is 12.1 Å². The van der Waals surface area contributed by atoms with Crippen molar-refractivity contribution in [2.24, 2.45) is 11.8 Å². The maximum Gasteiger partial charge on any atom is 0.317 e. The number of urea groups is 1. The molecule has 25 heavy (non-hydrogen) atoms. The van der Waals surface area contributed by atoms with E-state index in [9.17, 15) is 4.79 Å². The molecule has 1 aromatic carbocycles. The summed E-state index contributed by atoms with van der Waals surface area (Å²) in [4.78, 5) is 14.6. The van der Waals surface area contributed by atoms with Crippen molar-refractivity contribution in [1.82, 2.24) is 30.4 Å². The molecule has 0 bridgehead atoms. The van der Waals surface area contributed by atoms with E-state index in [1.165, 1.54) is 0 Å². The third-order valence-corrected chi connectivity index (χ3v) is 5.13. The van der Waals surface area contributed by atoms with E-state index in [1.54, 1.807) is 4.68 Å². The molecule has 2 aromatic rings. The highest BCUT2D eigenvalue weighted by molar-refractivity contribution is 5.75. The molecule has 0 spiro atoms. The lowest BCUT2D eigenvalue weighted by Crippen LogP contribution is -2.40. The summed E-state index contributed by atoms with van der Waals surface area (Å²) in [5, 5.41) is 15.0. The Kier molecular flexibility index (Phi) is 4.21. The fourth-order valence-electron chi connectivity index (χ4n) is 3.74. The monoisotopic (exact) mass is 338 g/mol. The molecule has 0 radical (unpaired) electrons.